The van der Waals surface area contributed by atoms with E-state index in [1.165, 1.54) is 0 Å². The number of carboxylic acid groups (broad SMARTS) is 1. The van der Waals surface area contributed by atoms with Gasteiger partial charge in [0.15, 0.2) is 0 Å². The molecule has 2 aliphatic heterocycles. The van der Waals surface area contributed by atoms with Crippen molar-refractivity contribution in [1.29, 1.82) is 0 Å². The molecule has 2 fully saturated rings. The quantitative estimate of drug-likeness (QED) is 0.765. The van der Waals surface area contributed by atoms with E-state index >= 15 is 0 Å². The molecule has 2 aliphatic rings. The Hall–Kier alpha value is -0.650. The highest BCUT2D eigenvalue weighted by Crippen LogP contribution is 2.39. The van der Waals surface area contributed by atoms with Crippen LogP contribution in [0, 0.1) is 5.41 Å². The van der Waals surface area contributed by atoms with Gasteiger partial charge in [-0.3, -0.25) is 9.69 Å². The fourth-order valence-corrected chi connectivity index (χ4v) is 2.86. The molecule has 0 aromatic heterocycles. The van der Waals surface area contributed by atoms with E-state index in [2.05, 4.69) is 4.90 Å². The lowest BCUT2D eigenvalue weighted by atomic mass is 9.73. The zero-order valence-corrected chi connectivity index (χ0v) is 10.4. The average molecular weight is 243 g/mol. The van der Waals surface area contributed by atoms with Gasteiger partial charge in [-0.25, -0.2) is 0 Å². The summed E-state index contributed by atoms with van der Waals surface area (Å²) in [6.07, 6.45) is 2.17. The summed E-state index contributed by atoms with van der Waals surface area (Å²) in [5.74, 6) is -0.793. The highest BCUT2D eigenvalue weighted by atomic mass is 16.5. The number of methoxy groups -OCH3 is 1. The average Bonchev–Trinajstić information content (AvgIpc) is 2.26. The number of carboxylic acids is 1. The Morgan fingerprint density at radius 2 is 2.12 bits per heavy atom. The van der Waals surface area contributed by atoms with E-state index in [0.717, 1.165) is 45.7 Å². The van der Waals surface area contributed by atoms with Crippen LogP contribution in [0.5, 0.6) is 0 Å². The molecule has 98 valence electrons. The Morgan fingerprint density at radius 1 is 1.47 bits per heavy atom. The van der Waals surface area contributed by atoms with E-state index in [1.807, 2.05) is 0 Å². The second-order valence-electron chi connectivity index (χ2n) is 5.24. The largest absolute Gasteiger partial charge is 0.481 e. The fourth-order valence-electron chi connectivity index (χ4n) is 2.86. The Morgan fingerprint density at radius 3 is 2.65 bits per heavy atom. The minimum absolute atomic E-state index is 0.0864. The van der Waals surface area contributed by atoms with Crippen molar-refractivity contribution in [2.75, 3.05) is 40.0 Å². The zero-order chi connectivity index (χ0) is 12.3. The minimum Gasteiger partial charge on any atom is -0.481 e. The molecular formula is C12H21NO4. The molecule has 17 heavy (non-hydrogen) atoms. The predicted molar refractivity (Wildman–Crippen MR) is 62.0 cm³/mol. The van der Waals surface area contributed by atoms with Gasteiger partial charge in [-0.15, -0.1) is 0 Å². The van der Waals surface area contributed by atoms with Gasteiger partial charge in [-0.1, -0.05) is 0 Å². The summed E-state index contributed by atoms with van der Waals surface area (Å²) in [6, 6.07) is 0. The van der Waals surface area contributed by atoms with Gasteiger partial charge in [0, 0.05) is 45.4 Å². The van der Waals surface area contributed by atoms with E-state index in [-0.39, 0.29) is 12.5 Å². The molecule has 0 aromatic carbocycles. The fraction of sp³-hybridized carbons (Fsp3) is 0.917. The molecule has 5 heteroatoms. The van der Waals surface area contributed by atoms with Crippen LogP contribution in [0.15, 0.2) is 0 Å². The second kappa shape index (κ2) is 5.33. The third-order valence-corrected chi connectivity index (χ3v) is 3.87. The Labute approximate surface area is 102 Å². The lowest BCUT2D eigenvalue weighted by molar-refractivity contribution is -0.141. The lowest BCUT2D eigenvalue weighted by Gasteiger charge is -2.53. The number of rotatable bonds is 5. The van der Waals surface area contributed by atoms with Gasteiger partial charge in [0.25, 0.3) is 0 Å². The molecule has 1 atom stereocenters. The van der Waals surface area contributed by atoms with Gasteiger partial charge in [-0.2, -0.15) is 0 Å². The molecule has 0 amide bonds. The molecule has 2 rings (SSSR count). The maximum Gasteiger partial charge on any atom is 0.306 e. The highest BCUT2D eigenvalue weighted by Gasteiger charge is 2.44. The maximum atomic E-state index is 10.6. The number of aliphatic carboxylic acids is 1. The molecule has 2 saturated heterocycles. The molecular weight excluding hydrogens is 222 g/mol. The Balaban J connectivity index is 1.73. The third kappa shape index (κ3) is 3.18. The van der Waals surface area contributed by atoms with E-state index in [9.17, 15) is 4.79 Å². The number of nitrogens with zero attached hydrogens (tertiary/aromatic N) is 1. The third-order valence-electron chi connectivity index (χ3n) is 3.87. The van der Waals surface area contributed by atoms with Crippen LogP contribution in [0.25, 0.3) is 0 Å². The molecule has 1 N–H and O–H groups in total. The van der Waals surface area contributed by atoms with Crippen LogP contribution >= 0.6 is 0 Å². The monoisotopic (exact) mass is 243 g/mol. The van der Waals surface area contributed by atoms with Gasteiger partial charge < -0.3 is 14.6 Å². The van der Waals surface area contributed by atoms with Crippen molar-refractivity contribution in [3.8, 4) is 0 Å². The van der Waals surface area contributed by atoms with Crippen molar-refractivity contribution in [3.63, 3.8) is 0 Å². The van der Waals surface area contributed by atoms with Gasteiger partial charge in [0.05, 0.1) is 12.5 Å². The normalized spacial score (nSPS) is 25.5. The van der Waals surface area contributed by atoms with Crippen LogP contribution in [0.4, 0.5) is 0 Å². The van der Waals surface area contributed by atoms with Crippen LogP contribution < -0.4 is 0 Å². The predicted octanol–water partition coefficient (Wildman–Crippen LogP) is 0.589. The molecule has 0 saturated carbocycles. The van der Waals surface area contributed by atoms with Gasteiger partial charge >= 0.3 is 5.97 Å². The summed E-state index contributed by atoms with van der Waals surface area (Å²) in [4.78, 5) is 12.9. The minimum atomic E-state index is -0.793. The van der Waals surface area contributed by atoms with Crippen LogP contribution in [0.2, 0.25) is 0 Å². The number of ether oxygens (including phenoxy) is 2. The number of hydrogen-bond donors (Lipinski definition) is 1. The number of carbonyl (C=O) groups is 1. The van der Waals surface area contributed by atoms with Crippen molar-refractivity contribution in [1.82, 2.24) is 4.90 Å². The SMILES string of the molecule is COC(CC(=O)O)CN1CC2(CCOCC2)C1. The highest BCUT2D eigenvalue weighted by molar-refractivity contribution is 5.67. The standard InChI is InChI=1S/C12H21NO4/c1-16-10(6-11(14)15)7-13-8-12(9-13)2-4-17-5-3-12/h10H,2-9H2,1H3,(H,14,15). The summed E-state index contributed by atoms with van der Waals surface area (Å²) in [6.45, 7) is 4.60. The molecule has 2 heterocycles. The van der Waals surface area contributed by atoms with Crippen LogP contribution in [0.3, 0.4) is 0 Å². The van der Waals surface area contributed by atoms with Gasteiger partial charge in [0.2, 0.25) is 0 Å². The molecule has 0 radical (unpaired) electrons. The smallest absolute Gasteiger partial charge is 0.306 e. The summed E-state index contributed by atoms with van der Waals surface area (Å²) in [5.41, 5.74) is 0.444. The maximum absolute atomic E-state index is 10.6. The summed E-state index contributed by atoms with van der Waals surface area (Å²) >= 11 is 0. The van der Waals surface area contributed by atoms with E-state index in [1.54, 1.807) is 7.11 Å². The summed E-state index contributed by atoms with van der Waals surface area (Å²) < 4.78 is 10.6. The van der Waals surface area contributed by atoms with E-state index in [0.29, 0.717) is 5.41 Å². The first kappa shape index (κ1) is 12.8. The first-order valence-corrected chi connectivity index (χ1v) is 6.18. The van der Waals surface area contributed by atoms with Crippen molar-refractivity contribution in [2.45, 2.75) is 25.4 Å². The van der Waals surface area contributed by atoms with E-state index in [4.69, 9.17) is 14.6 Å². The first-order chi connectivity index (χ1) is 8.13. The molecule has 0 aliphatic carbocycles. The zero-order valence-electron chi connectivity index (χ0n) is 10.4. The molecule has 0 bridgehead atoms. The van der Waals surface area contributed by atoms with Crippen molar-refractivity contribution in [2.24, 2.45) is 5.41 Å². The molecule has 1 spiro atoms. The lowest BCUT2D eigenvalue weighted by Crippen LogP contribution is -2.60. The molecule has 5 nitrogen and oxygen atoms in total. The van der Waals surface area contributed by atoms with Crippen LogP contribution in [0.1, 0.15) is 19.3 Å². The van der Waals surface area contributed by atoms with E-state index < -0.39 is 5.97 Å². The Kier molecular flexibility index (Phi) is 4.01. The van der Waals surface area contributed by atoms with Gasteiger partial charge in [-0.05, 0) is 12.8 Å². The second-order valence-corrected chi connectivity index (χ2v) is 5.24. The van der Waals surface area contributed by atoms with Crippen LogP contribution in [-0.2, 0) is 14.3 Å². The molecule has 0 aromatic rings. The van der Waals surface area contributed by atoms with Gasteiger partial charge in [0.1, 0.15) is 0 Å². The Bertz CT molecular complexity index is 268. The number of hydrogen-bond acceptors (Lipinski definition) is 4. The van der Waals surface area contributed by atoms with Crippen LogP contribution in [-0.4, -0.2) is 62.0 Å². The van der Waals surface area contributed by atoms with Crippen molar-refractivity contribution < 1.29 is 19.4 Å². The first-order valence-electron chi connectivity index (χ1n) is 6.18. The van der Waals surface area contributed by atoms with Crippen molar-refractivity contribution in [3.05, 3.63) is 0 Å². The summed E-state index contributed by atoms with van der Waals surface area (Å²) in [5, 5.41) is 8.75. The topological polar surface area (TPSA) is 59.0 Å². The van der Waals surface area contributed by atoms with Crippen molar-refractivity contribution >= 4 is 5.97 Å². The molecule has 1 unspecified atom stereocenters. The summed E-state index contributed by atoms with van der Waals surface area (Å²) in [7, 11) is 1.58. The number of likely N-dealkylation sites (tertiary alicyclic amines) is 1.